The van der Waals surface area contributed by atoms with E-state index < -0.39 is 5.79 Å². The lowest BCUT2D eigenvalue weighted by Gasteiger charge is -2.33. The highest BCUT2D eigenvalue weighted by Crippen LogP contribution is 2.34. The second-order valence-electron chi connectivity index (χ2n) is 6.49. The van der Waals surface area contributed by atoms with Gasteiger partial charge in [-0.3, -0.25) is 0 Å². The molecule has 0 aliphatic heterocycles. The fourth-order valence-corrected chi connectivity index (χ4v) is 2.18. The predicted molar refractivity (Wildman–Crippen MR) is 86.7 cm³/mol. The molecule has 120 valence electrons. The third-order valence-corrected chi connectivity index (χ3v) is 3.38. The first-order valence-corrected chi connectivity index (χ1v) is 7.72. The van der Waals surface area contributed by atoms with Gasteiger partial charge in [0.2, 0.25) is 0 Å². The van der Waals surface area contributed by atoms with Crippen LogP contribution in [0.25, 0.3) is 0 Å². The molecule has 0 aromatic heterocycles. The van der Waals surface area contributed by atoms with Crippen molar-refractivity contribution in [2.24, 2.45) is 11.8 Å². The number of hydrogen-bond acceptors (Lipinski definition) is 3. The highest BCUT2D eigenvalue weighted by atomic mass is 16.7. The summed E-state index contributed by atoms with van der Waals surface area (Å²) in [6, 6.07) is 6.00. The van der Waals surface area contributed by atoms with Crippen LogP contribution in [0.1, 0.15) is 45.7 Å². The van der Waals surface area contributed by atoms with Crippen LogP contribution in [0.4, 0.5) is 0 Å². The van der Waals surface area contributed by atoms with E-state index in [0.717, 1.165) is 16.9 Å². The zero-order valence-electron chi connectivity index (χ0n) is 14.5. The smallest absolute Gasteiger partial charge is 0.192 e. The maximum Gasteiger partial charge on any atom is 0.192 e. The second kappa shape index (κ2) is 7.81. The molecule has 1 aromatic rings. The van der Waals surface area contributed by atoms with Crippen molar-refractivity contribution in [3.05, 3.63) is 29.3 Å². The van der Waals surface area contributed by atoms with Crippen LogP contribution in [0.2, 0.25) is 0 Å². The van der Waals surface area contributed by atoms with Crippen LogP contribution >= 0.6 is 0 Å². The Morgan fingerprint density at radius 3 is 1.95 bits per heavy atom. The average Bonchev–Trinajstić information content (AvgIpc) is 2.43. The summed E-state index contributed by atoms with van der Waals surface area (Å²) in [6.45, 7) is 13.9. The largest absolute Gasteiger partial charge is 0.496 e. The van der Waals surface area contributed by atoms with Crippen LogP contribution in [0, 0.1) is 18.8 Å². The van der Waals surface area contributed by atoms with Gasteiger partial charge in [0, 0.05) is 5.56 Å². The quantitative estimate of drug-likeness (QED) is 0.660. The molecule has 0 fully saturated rings. The first kappa shape index (κ1) is 18.0. The highest BCUT2D eigenvalue weighted by molar-refractivity contribution is 5.41. The normalized spacial score (nSPS) is 12.2. The van der Waals surface area contributed by atoms with Crippen molar-refractivity contribution >= 4 is 0 Å². The zero-order chi connectivity index (χ0) is 16.0. The van der Waals surface area contributed by atoms with E-state index in [9.17, 15) is 0 Å². The van der Waals surface area contributed by atoms with E-state index in [1.54, 1.807) is 7.11 Å². The molecule has 0 amide bonds. The molecule has 21 heavy (non-hydrogen) atoms. The molecule has 0 saturated carbocycles. The Morgan fingerprint density at radius 2 is 1.52 bits per heavy atom. The van der Waals surface area contributed by atoms with Crippen molar-refractivity contribution < 1.29 is 14.2 Å². The topological polar surface area (TPSA) is 27.7 Å². The minimum absolute atomic E-state index is 0.456. The van der Waals surface area contributed by atoms with Gasteiger partial charge < -0.3 is 14.2 Å². The van der Waals surface area contributed by atoms with E-state index in [1.807, 2.05) is 26.0 Å². The van der Waals surface area contributed by atoms with E-state index in [0.29, 0.717) is 25.0 Å². The minimum Gasteiger partial charge on any atom is -0.496 e. The van der Waals surface area contributed by atoms with Gasteiger partial charge in [0.1, 0.15) is 5.75 Å². The van der Waals surface area contributed by atoms with Crippen LogP contribution in [0.15, 0.2) is 18.2 Å². The van der Waals surface area contributed by atoms with Crippen molar-refractivity contribution in [2.75, 3.05) is 20.3 Å². The standard InChI is InChI=1S/C18H30O3/c1-13(2)11-20-18(6,21-12-14(3)4)16-9-8-10-17(19-7)15(16)5/h8-10,13-14H,11-12H2,1-7H3. The first-order valence-electron chi connectivity index (χ1n) is 7.72. The van der Waals surface area contributed by atoms with Gasteiger partial charge in [-0.25, -0.2) is 0 Å². The van der Waals surface area contributed by atoms with Crippen LogP contribution in [0.5, 0.6) is 5.75 Å². The molecule has 0 heterocycles. The number of methoxy groups -OCH3 is 1. The predicted octanol–water partition coefficient (Wildman–Crippen LogP) is 4.52. The highest BCUT2D eigenvalue weighted by Gasteiger charge is 2.31. The Morgan fingerprint density at radius 1 is 1.00 bits per heavy atom. The summed E-state index contributed by atoms with van der Waals surface area (Å²) < 4.78 is 17.7. The monoisotopic (exact) mass is 294 g/mol. The first-order chi connectivity index (χ1) is 9.80. The van der Waals surface area contributed by atoms with Crippen molar-refractivity contribution in [2.45, 2.75) is 47.3 Å². The average molecular weight is 294 g/mol. The van der Waals surface area contributed by atoms with Gasteiger partial charge in [-0.1, -0.05) is 39.8 Å². The summed E-state index contributed by atoms with van der Waals surface area (Å²) in [7, 11) is 1.69. The fraction of sp³-hybridized carbons (Fsp3) is 0.667. The van der Waals surface area contributed by atoms with Gasteiger partial charge in [-0.2, -0.15) is 0 Å². The van der Waals surface area contributed by atoms with Crippen molar-refractivity contribution in [1.82, 2.24) is 0 Å². The Labute approximate surface area is 129 Å². The summed E-state index contributed by atoms with van der Waals surface area (Å²) >= 11 is 0. The molecule has 0 N–H and O–H groups in total. The maximum absolute atomic E-state index is 6.13. The van der Waals surface area contributed by atoms with Crippen LogP contribution in [-0.4, -0.2) is 20.3 Å². The van der Waals surface area contributed by atoms with E-state index in [-0.39, 0.29) is 0 Å². The van der Waals surface area contributed by atoms with Crippen molar-refractivity contribution in [3.8, 4) is 5.75 Å². The molecule has 0 saturated heterocycles. The summed E-state index contributed by atoms with van der Waals surface area (Å²) in [6.07, 6.45) is 0. The van der Waals surface area contributed by atoms with Crippen molar-refractivity contribution in [1.29, 1.82) is 0 Å². The summed E-state index contributed by atoms with van der Waals surface area (Å²) in [4.78, 5) is 0. The molecular weight excluding hydrogens is 264 g/mol. The van der Waals surface area contributed by atoms with Gasteiger partial charge in [0.25, 0.3) is 0 Å². The zero-order valence-corrected chi connectivity index (χ0v) is 14.5. The molecule has 0 bridgehead atoms. The molecule has 1 aromatic carbocycles. The van der Waals surface area contributed by atoms with Gasteiger partial charge >= 0.3 is 0 Å². The SMILES string of the molecule is COc1cccc(C(C)(OCC(C)C)OCC(C)C)c1C. The molecule has 0 unspecified atom stereocenters. The summed E-state index contributed by atoms with van der Waals surface area (Å²) in [5.41, 5.74) is 2.10. The Hall–Kier alpha value is -1.06. The Bertz CT molecular complexity index is 426. The van der Waals surface area contributed by atoms with E-state index in [2.05, 4.69) is 33.8 Å². The second-order valence-corrected chi connectivity index (χ2v) is 6.49. The maximum atomic E-state index is 6.13. The Kier molecular flexibility index (Phi) is 6.69. The third-order valence-electron chi connectivity index (χ3n) is 3.38. The molecule has 0 aliphatic rings. The number of benzene rings is 1. The van der Waals surface area contributed by atoms with E-state index >= 15 is 0 Å². The van der Waals surface area contributed by atoms with Gasteiger partial charge in [0.15, 0.2) is 5.79 Å². The number of rotatable bonds is 8. The lowest BCUT2D eigenvalue weighted by Crippen LogP contribution is -2.33. The Balaban J connectivity index is 3.10. The fourth-order valence-electron chi connectivity index (χ4n) is 2.18. The molecule has 3 heteroatoms. The van der Waals surface area contributed by atoms with Crippen LogP contribution < -0.4 is 4.74 Å². The van der Waals surface area contributed by atoms with Gasteiger partial charge in [-0.05, 0) is 37.3 Å². The van der Waals surface area contributed by atoms with Crippen LogP contribution in [-0.2, 0) is 15.3 Å². The molecule has 0 aliphatic carbocycles. The molecule has 0 radical (unpaired) electrons. The van der Waals surface area contributed by atoms with E-state index in [4.69, 9.17) is 14.2 Å². The molecule has 3 nitrogen and oxygen atoms in total. The van der Waals surface area contributed by atoms with Gasteiger partial charge in [-0.15, -0.1) is 0 Å². The van der Waals surface area contributed by atoms with Crippen molar-refractivity contribution in [3.63, 3.8) is 0 Å². The molecular formula is C18H30O3. The minimum atomic E-state index is -0.743. The lowest BCUT2D eigenvalue weighted by atomic mass is 10.00. The third kappa shape index (κ3) is 5.01. The summed E-state index contributed by atoms with van der Waals surface area (Å²) in [5, 5.41) is 0. The molecule has 1 rings (SSSR count). The van der Waals surface area contributed by atoms with Crippen LogP contribution in [0.3, 0.4) is 0 Å². The number of ether oxygens (including phenoxy) is 3. The molecule has 0 spiro atoms. The molecule has 0 atom stereocenters. The lowest BCUT2D eigenvalue weighted by molar-refractivity contribution is -0.243. The van der Waals surface area contributed by atoms with Gasteiger partial charge in [0.05, 0.1) is 20.3 Å². The number of hydrogen-bond donors (Lipinski definition) is 0. The van der Waals surface area contributed by atoms with E-state index in [1.165, 1.54) is 0 Å². The summed E-state index contributed by atoms with van der Waals surface area (Å²) in [5.74, 6) is 1.03.